The fourth-order valence-electron chi connectivity index (χ4n) is 3.14. The molecule has 0 atom stereocenters. The SMILES string of the molecule is COc1ccc(NC(=O)c2cc(-c3cccc4ccccc34)n[nH]2)cc1OC. The third-order valence-corrected chi connectivity index (χ3v) is 4.53. The van der Waals surface area contributed by atoms with E-state index in [0.29, 0.717) is 28.6 Å². The number of nitrogens with one attached hydrogen (secondary N) is 2. The smallest absolute Gasteiger partial charge is 0.273 e. The predicted molar refractivity (Wildman–Crippen MR) is 109 cm³/mol. The Kier molecular flexibility index (Phi) is 4.68. The molecule has 2 N–H and O–H groups in total. The van der Waals surface area contributed by atoms with Crippen molar-refractivity contribution in [1.82, 2.24) is 10.2 Å². The number of aromatic nitrogens is 2. The summed E-state index contributed by atoms with van der Waals surface area (Å²) in [5.41, 5.74) is 2.66. The Labute approximate surface area is 162 Å². The van der Waals surface area contributed by atoms with Crippen molar-refractivity contribution in [3.05, 3.63) is 72.4 Å². The normalized spacial score (nSPS) is 10.6. The summed E-state index contributed by atoms with van der Waals surface area (Å²) in [4.78, 5) is 12.6. The lowest BCUT2D eigenvalue weighted by Gasteiger charge is -2.10. The number of amides is 1. The fourth-order valence-corrected chi connectivity index (χ4v) is 3.14. The molecule has 0 saturated carbocycles. The van der Waals surface area contributed by atoms with E-state index < -0.39 is 0 Å². The third-order valence-electron chi connectivity index (χ3n) is 4.53. The molecule has 0 radical (unpaired) electrons. The molecule has 0 aliphatic rings. The number of ether oxygens (including phenoxy) is 2. The van der Waals surface area contributed by atoms with E-state index in [0.717, 1.165) is 16.3 Å². The number of nitrogens with zero attached hydrogens (tertiary/aromatic N) is 1. The van der Waals surface area contributed by atoms with E-state index in [1.807, 2.05) is 30.3 Å². The van der Waals surface area contributed by atoms with Gasteiger partial charge in [0.05, 0.1) is 19.9 Å². The van der Waals surface area contributed by atoms with E-state index >= 15 is 0 Å². The van der Waals surface area contributed by atoms with Gasteiger partial charge in [0.2, 0.25) is 0 Å². The van der Waals surface area contributed by atoms with Crippen LogP contribution in [0.4, 0.5) is 5.69 Å². The van der Waals surface area contributed by atoms with Gasteiger partial charge in [-0.2, -0.15) is 5.10 Å². The first-order valence-electron chi connectivity index (χ1n) is 8.76. The van der Waals surface area contributed by atoms with Crippen LogP contribution in [0.15, 0.2) is 66.7 Å². The lowest BCUT2D eigenvalue weighted by Crippen LogP contribution is -2.12. The molecule has 1 aromatic heterocycles. The minimum Gasteiger partial charge on any atom is -0.493 e. The second kappa shape index (κ2) is 7.44. The van der Waals surface area contributed by atoms with E-state index in [1.165, 1.54) is 0 Å². The van der Waals surface area contributed by atoms with Crippen LogP contribution in [0.5, 0.6) is 11.5 Å². The van der Waals surface area contributed by atoms with Gasteiger partial charge >= 0.3 is 0 Å². The lowest BCUT2D eigenvalue weighted by molar-refractivity contribution is 0.102. The number of fused-ring (bicyclic) bond motifs is 1. The monoisotopic (exact) mass is 373 g/mol. The van der Waals surface area contributed by atoms with Crippen LogP contribution >= 0.6 is 0 Å². The molecular weight excluding hydrogens is 354 g/mol. The number of carbonyl (C=O) groups is 1. The van der Waals surface area contributed by atoms with Gasteiger partial charge in [0.15, 0.2) is 11.5 Å². The number of aromatic amines is 1. The van der Waals surface area contributed by atoms with Crippen LogP contribution in [0.3, 0.4) is 0 Å². The topological polar surface area (TPSA) is 76.2 Å². The zero-order valence-electron chi connectivity index (χ0n) is 15.5. The molecule has 6 heteroatoms. The largest absolute Gasteiger partial charge is 0.493 e. The number of rotatable bonds is 5. The van der Waals surface area contributed by atoms with Crippen molar-refractivity contribution in [3.63, 3.8) is 0 Å². The molecule has 0 saturated heterocycles. The van der Waals surface area contributed by atoms with E-state index in [-0.39, 0.29) is 5.91 Å². The molecule has 0 aliphatic heterocycles. The number of hydrogen-bond acceptors (Lipinski definition) is 4. The van der Waals surface area contributed by atoms with Crippen LogP contribution in [0.25, 0.3) is 22.0 Å². The van der Waals surface area contributed by atoms with Crippen molar-refractivity contribution in [1.29, 1.82) is 0 Å². The van der Waals surface area contributed by atoms with Gasteiger partial charge in [-0.1, -0.05) is 42.5 Å². The Morgan fingerprint density at radius 1 is 0.929 bits per heavy atom. The molecule has 4 aromatic rings. The number of carbonyl (C=O) groups excluding carboxylic acids is 1. The van der Waals surface area contributed by atoms with Gasteiger partial charge in [0.1, 0.15) is 5.69 Å². The maximum Gasteiger partial charge on any atom is 0.273 e. The molecule has 6 nitrogen and oxygen atoms in total. The van der Waals surface area contributed by atoms with Gasteiger partial charge in [0, 0.05) is 17.3 Å². The van der Waals surface area contributed by atoms with Crippen LogP contribution < -0.4 is 14.8 Å². The Morgan fingerprint density at radius 2 is 1.71 bits per heavy atom. The van der Waals surface area contributed by atoms with E-state index in [9.17, 15) is 4.79 Å². The average Bonchev–Trinajstić information content (AvgIpc) is 3.23. The number of methoxy groups -OCH3 is 2. The van der Waals surface area contributed by atoms with Crippen LogP contribution in [-0.4, -0.2) is 30.3 Å². The molecule has 28 heavy (non-hydrogen) atoms. The molecule has 0 fully saturated rings. The number of hydrogen-bond donors (Lipinski definition) is 2. The standard InChI is InChI=1S/C22H19N3O3/c1-27-20-11-10-15(12-21(20)28-2)23-22(26)19-13-18(24-25-19)17-9-5-7-14-6-3-4-8-16(14)17/h3-13H,1-2H3,(H,23,26)(H,24,25). The van der Waals surface area contributed by atoms with Crippen molar-refractivity contribution in [2.75, 3.05) is 19.5 Å². The molecule has 4 rings (SSSR count). The highest BCUT2D eigenvalue weighted by Crippen LogP contribution is 2.30. The van der Waals surface area contributed by atoms with Gasteiger partial charge in [-0.25, -0.2) is 0 Å². The highest BCUT2D eigenvalue weighted by Gasteiger charge is 2.14. The summed E-state index contributed by atoms with van der Waals surface area (Å²) >= 11 is 0. The zero-order valence-corrected chi connectivity index (χ0v) is 15.5. The Bertz CT molecular complexity index is 1150. The Balaban J connectivity index is 1.60. The molecular formula is C22H19N3O3. The van der Waals surface area contributed by atoms with Crippen molar-refractivity contribution >= 4 is 22.4 Å². The summed E-state index contributed by atoms with van der Waals surface area (Å²) in [6.07, 6.45) is 0. The average molecular weight is 373 g/mol. The summed E-state index contributed by atoms with van der Waals surface area (Å²) in [5.74, 6) is 0.854. The molecule has 0 spiro atoms. The van der Waals surface area contributed by atoms with E-state index in [1.54, 1.807) is 38.5 Å². The van der Waals surface area contributed by atoms with Crippen molar-refractivity contribution in [2.24, 2.45) is 0 Å². The number of H-pyrrole nitrogens is 1. The lowest BCUT2D eigenvalue weighted by atomic mass is 10.0. The summed E-state index contributed by atoms with van der Waals surface area (Å²) in [7, 11) is 3.12. The van der Waals surface area contributed by atoms with Gasteiger partial charge in [-0.15, -0.1) is 0 Å². The van der Waals surface area contributed by atoms with Gasteiger partial charge in [-0.05, 0) is 29.0 Å². The zero-order chi connectivity index (χ0) is 19.5. The quantitative estimate of drug-likeness (QED) is 0.540. The van der Waals surface area contributed by atoms with Crippen molar-refractivity contribution in [3.8, 4) is 22.8 Å². The van der Waals surface area contributed by atoms with Crippen molar-refractivity contribution < 1.29 is 14.3 Å². The summed E-state index contributed by atoms with van der Waals surface area (Å²) in [6, 6.07) is 21.1. The maximum absolute atomic E-state index is 12.6. The van der Waals surface area contributed by atoms with Crippen LogP contribution in [0.1, 0.15) is 10.5 Å². The molecule has 1 amide bonds. The first-order chi connectivity index (χ1) is 13.7. The van der Waals surface area contributed by atoms with E-state index in [2.05, 4.69) is 27.6 Å². The summed E-state index contributed by atoms with van der Waals surface area (Å²) in [6.45, 7) is 0. The fraction of sp³-hybridized carbons (Fsp3) is 0.0909. The predicted octanol–water partition coefficient (Wildman–Crippen LogP) is 4.50. The first-order valence-corrected chi connectivity index (χ1v) is 8.76. The minimum atomic E-state index is -0.286. The van der Waals surface area contributed by atoms with Gasteiger partial charge in [-0.3, -0.25) is 9.89 Å². The maximum atomic E-state index is 12.6. The summed E-state index contributed by atoms with van der Waals surface area (Å²) < 4.78 is 10.5. The molecule has 1 heterocycles. The minimum absolute atomic E-state index is 0.286. The molecule has 0 bridgehead atoms. The Hall–Kier alpha value is -3.80. The van der Waals surface area contributed by atoms with Crippen LogP contribution in [0, 0.1) is 0 Å². The highest BCUT2D eigenvalue weighted by molar-refractivity contribution is 6.04. The molecule has 0 aliphatic carbocycles. The molecule has 3 aromatic carbocycles. The third kappa shape index (κ3) is 3.27. The number of anilines is 1. The van der Waals surface area contributed by atoms with Crippen LogP contribution in [-0.2, 0) is 0 Å². The van der Waals surface area contributed by atoms with E-state index in [4.69, 9.17) is 9.47 Å². The first kappa shape index (κ1) is 17.6. The van der Waals surface area contributed by atoms with Gasteiger partial charge < -0.3 is 14.8 Å². The second-order valence-electron chi connectivity index (χ2n) is 6.22. The Morgan fingerprint density at radius 3 is 2.54 bits per heavy atom. The van der Waals surface area contributed by atoms with Gasteiger partial charge in [0.25, 0.3) is 5.91 Å². The second-order valence-corrected chi connectivity index (χ2v) is 6.22. The highest BCUT2D eigenvalue weighted by atomic mass is 16.5. The van der Waals surface area contributed by atoms with Crippen LogP contribution in [0.2, 0.25) is 0 Å². The molecule has 0 unspecified atom stereocenters. The molecule has 140 valence electrons. The van der Waals surface area contributed by atoms with Crippen molar-refractivity contribution in [2.45, 2.75) is 0 Å². The summed E-state index contributed by atoms with van der Waals surface area (Å²) in [5, 5.41) is 12.2. The number of benzene rings is 3.